The molecule has 1 atom stereocenters. The van der Waals surface area contributed by atoms with Gasteiger partial charge in [-0.15, -0.1) is 0 Å². The molecule has 18 heavy (non-hydrogen) atoms. The minimum Gasteiger partial charge on any atom is -0.324 e. The summed E-state index contributed by atoms with van der Waals surface area (Å²) < 4.78 is 0. The first-order chi connectivity index (χ1) is 8.84. The van der Waals surface area contributed by atoms with Crippen molar-refractivity contribution in [2.75, 3.05) is 0 Å². The molecule has 1 heteroatoms. The van der Waals surface area contributed by atoms with E-state index in [1.807, 2.05) is 0 Å². The van der Waals surface area contributed by atoms with Crippen LogP contribution in [0.4, 0.5) is 0 Å². The third-order valence-electron chi connectivity index (χ3n) is 4.32. The van der Waals surface area contributed by atoms with Gasteiger partial charge in [0.1, 0.15) is 0 Å². The standard InChI is InChI=1S/C17H21N/c18-17(14-7-2-1-3-8-14)16-11-10-13-6-4-5-9-15(13)12-16/h4-6,9-12,14,17H,1-3,7-8,18H2/t17-/m0/s1. The highest BCUT2D eigenvalue weighted by atomic mass is 14.7. The second kappa shape index (κ2) is 5.11. The number of nitrogens with two attached hydrogens (primary N) is 1. The van der Waals surface area contributed by atoms with E-state index in [0.29, 0.717) is 5.92 Å². The molecular formula is C17H21N. The van der Waals surface area contributed by atoms with Gasteiger partial charge in [0.15, 0.2) is 0 Å². The average molecular weight is 239 g/mol. The summed E-state index contributed by atoms with van der Waals surface area (Å²) in [6.07, 6.45) is 6.70. The maximum Gasteiger partial charge on any atom is 0.0323 e. The van der Waals surface area contributed by atoms with Crippen molar-refractivity contribution in [3.63, 3.8) is 0 Å². The SMILES string of the molecule is N[C@H](c1ccc2ccccc2c1)C1CCCCC1. The van der Waals surface area contributed by atoms with Crippen LogP contribution in [0.15, 0.2) is 42.5 Å². The number of benzene rings is 2. The zero-order valence-electron chi connectivity index (χ0n) is 10.8. The summed E-state index contributed by atoms with van der Waals surface area (Å²) in [5, 5.41) is 2.61. The van der Waals surface area contributed by atoms with Crippen LogP contribution in [0.25, 0.3) is 10.8 Å². The molecule has 2 aromatic carbocycles. The molecule has 0 radical (unpaired) electrons. The van der Waals surface area contributed by atoms with Gasteiger partial charge in [0.25, 0.3) is 0 Å². The molecule has 0 spiro atoms. The molecule has 0 heterocycles. The van der Waals surface area contributed by atoms with E-state index in [2.05, 4.69) is 42.5 Å². The highest BCUT2D eigenvalue weighted by Crippen LogP contribution is 2.33. The summed E-state index contributed by atoms with van der Waals surface area (Å²) in [6.45, 7) is 0. The lowest BCUT2D eigenvalue weighted by Gasteiger charge is -2.28. The molecule has 0 saturated heterocycles. The van der Waals surface area contributed by atoms with Crippen molar-refractivity contribution in [3.05, 3.63) is 48.0 Å². The van der Waals surface area contributed by atoms with Gasteiger partial charge in [0, 0.05) is 6.04 Å². The molecule has 1 nitrogen and oxygen atoms in total. The molecular weight excluding hydrogens is 218 g/mol. The van der Waals surface area contributed by atoms with E-state index in [-0.39, 0.29) is 6.04 Å². The zero-order chi connectivity index (χ0) is 12.4. The summed E-state index contributed by atoms with van der Waals surface area (Å²) in [5.74, 6) is 0.680. The van der Waals surface area contributed by atoms with E-state index in [4.69, 9.17) is 5.73 Å². The molecule has 0 aliphatic heterocycles. The third kappa shape index (κ3) is 2.28. The van der Waals surface area contributed by atoms with Gasteiger partial charge < -0.3 is 5.73 Å². The lowest BCUT2D eigenvalue weighted by Crippen LogP contribution is -2.23. The number of fused-ring (bicyclic) bond motifs is 1. The molecule has 0 unspecified atom stereocenters. The van der Waals surface area contributed by atoms with Crippen molar-refractivity contribution in [1.29, 1.82) is 0 Å². The van der Waals surface area contributed by atoms with Gasteiger partial charge in [-0.05, 0) is 41.2 Å². The fraction of sp³-hybridized carbons (Fsp3) is 0.412. The Hall–Kier alpha value is -1.34. The highest BCUT2D eigenvalue weighted by Gasteiger charge is 2.21. The van der Waals surface area contributed by atoms with Crippen LogP contribution in [0.2, 0.25) is 0 Å². The van der Waals surface area contributed by atoms with Gasteiger partial charge in [-0.1, -0.05) is 55.7 Å². The Kier molecular flexibility index (Phi) is 3.33. The molecule has 2 N–H and O–H groups in total. The maximum absolute atomic E-state index is 6.46. The number of rotatable bonds is 2. The molecule has 1 saturated carbocycles. The van der Waals surface area contributed by atoms with Crippen molar-refractivity contribution in [3.8, 4) is 0 Å². The molecule has 3 rings (SSSR count). The lowest BCUT2D eigenvalue weighted by molar-refractivity contribution is 0.308. The Bertz CT molecular complexity index is 526. The Morgan fingerprint density at radius 3 is 2.39 bits per heavy atom. The Labute approximate surface area is 109 Å². The summed E-state index contributed by atoms with van der Waals surface area (Å²) >= 11 is 0. The fourth-order valence-corrected chi connectivity index (χ4v) is 3.18. The van der Waals surface area contributed by atoms with Crippen LogP contribution >= 0.6 is 0 Å². The minimum absolute atomic E-state index is 0.218. The molecule has 1 fully saturated rings. The first-order valence-corrected chi connectivity index (χ1v) is 7.09. The van der Waals surface area contributed by atoms with Gasteiger partial charge in [0.05, 0.1) is 0 Å². The molecule has 0 amide bonds. The predicted octanol–water partition coefficient (Wildman–Crippen LogP) is 4.42. The highest BCUT2D eigenvalue weighted by molar-refractivity contribution is 5.83. The third-order valence-corrected chi connectivity index (χ3v) is 4.32. The van der Waals surface area contributed by atoms with Crippen molar-refractivity contribution in [1.82, 2.24) is 0 Å². The second-order valence-corrected chi connectivity index (χ2v) is 5.53. The Balaban J connectivity index is 1.88. The van der Waals surface area contributed by atoms with Crippen LogP contribution in [-0.2, 0) is 0 Å². The first-order valence-electron chi connectivity index (χ1n) is 7.09. The molecule has 2 aromatic rings. The summed E-state index contributed by atoms with van der Waals surface area (Å²) in [7, 11) is 0. The summed E-state index contributed by atoms with van der Waals surface area (Å²) in [4.78, 5) is 0. The lowest BCUT2D eigenvalue weighted by atomic mass is 9.81. The van der Waals surface area contributed by atoms with Gasteiger partial charge in [-0.3, -0.25) is 0 Å². The van der Waals surface area contributed by atoms with Crippen LogP contribution in [0.1, 0.15) is 43.7 Å². The fourth-order valence-electron chi connectivity index (χ4n) is 3.18. The van der Waals surface area contributed by atoms with Gasteiger partial charge in [-0.2, -0.15) is 0 Å². The zero-order valence-corrected chi connectivity index (χ0v) is 10.8. The Morgan fingerprint density at radius 2 is 1.61 bits per heavy atom. The number of hydrogen-bond acceptors (Lipinski definition) is 1. The second-order valence-electron chi connectivity index (χ2n) is 5.53. The quantitative estimate of drug-likeness (QED) is 0.824. The van der Waals surface area contributed by atoms with Crippen LogP contribution < -0.4 is 5.73 Å². The summed E-state index contributed by atoms with van der Waals surface area (Å²) in [5.41, 5.74) is 7.77. The van der Waals surface area contributed by atoms with E-state index in [1.165, 1.54) is 48.4 Å². The van der Waals surface area contributed by atoms with Gasteiger partial charge in [-0.25, -0.2) is 0 Å². The first kappa shape index (κ1) is 11.7. The molecule has 94 valence electrons. The van der Waals surface area contributed by atoms with E-state index < -0.39 is 0 Å². The predicted molar refractivity (Wildman–Crippen MR) is 77.5 cm³/mol. The largest absolute Gasteiger partial charge is 0.324 e. The van der Waals surface area contributed by atoms with E-state index in [0.717, 1.165) is 0 Å². The van der Waals surface area contributed by atoms with Crippen molar-refractivity contribution >= 4 is 10.8 Å². The van der Waals surface area contributed by atoms with Crippen molar-refractivity contribution in [2.24, 2.45) is 11.7 Å². The smallest absolute Gasteiger partial charge is 0.0323 e. The molecule has 0 aromatic heterocycles. The van der Waals surface area contributed by atoms with Crippen molar-refractivity contribution in [2.45, 2.75) is 38.1 Å². The van der Waals surface area contributed by atoms with Gasteiger partial charge in [0.2, 0.25) is 0 Å². The molecule has 0 bridgehead atoms. The number of hydrogen-bond donors (Lipinski definition) is 1. The van der Waals surface area contributed by atoms with Crippen LogP contribution in [0.3, 0.4) is 0 Å². The van der Waals surface area contributed by atoms with E-state index in [1.54, 1.807) is 0 Å². The van der Waals surface area contributed by atoms with Crippen LogP contribution in [-0.4, -0.2) is 0 Å². The average Bonchev–Trinajstić information content (AvgIpc) is 2.47. The van der Waals surface area contributed by atoms with E-state index in [9.17, 15) is 0 Å². The van der Waals surface area contributed by atoms with Crippen molar-refractivity contribution < 1.29 is 0 Å². The van der Waals surface area contributed by atoms with Crippen LogP contribution in [0, 0.1) is 5.92 Å². The maximum atomic E-state index is 6.46. The van der Waals surface area contributed by atoms with E-state index >= 15 is 0 Å². The normalized spacial score (nSPS) is 18.9. The molecule has 1 aliphatic carbocycles. The summed E-state index contributed by atoms with van der Waals surface area (Å²) in [6, 6.07) is 15.4. The topological polar surface area (TPSA) is 26.0 Å². The molecule has 1 aliphatic rings. The minimum atomic E-state index is 0.218. The van der Waals surface area contributed by atoms with Gasteiger partial charge >= 0.3 is 0 Å². The Morgan fingerprint density at radius 1 is 0.889 bits per heavy atom. The monoisotopic (exact) mass is 239 g/mol. The van der Waals surface area contributed by atoms with Crippen LogP contribution in [0.5, 0.6) is 0 Å².